The van der Waals surface area contributed by atoms with Crippen molar-refractivity contribution in [1.29, 1.82) is 0 Å². The van der Waals surface area contributed by atoms with Gasteiger partial charge in [0, 0.05) is 17.4 Å². The zero-order valence-corrected chi connectivity index (χ0v) is 21.1. The maximum absolute atomic E-state index is 15.0. The summed E-state index contributed by atoms with van der Waals surface area (Å²) in [5, 5.41) is 0. The summed E-state index contributed by atoms with van der Waals surface area (Å²) < 4.78 is 109. The minimum absolute atomic E-state index is 0.00909. The Bertz CT molecular complexity index is 898. The van der Waals surface area contributed by atoms with E-state index in [1.165, 1.54) is 0 Å². The van der Waals surface area contributed by atoms with E-state index in [0.29, 0.717) is 45.2 Å². The molecule has 4 aliphatic rings. The molecule has 5 rings (SSSR count). The lowest BCUT2D eigenvalue weighted by Crippen LogP contribution is -2.47. The molecule has 1 saturated carbocycles. The molecule has 0 bridgehead atoms. The summed E-state index contributed by atoms with van der Waals surface area (Å²) in [6.07, 6.45) is -4.98. The fraction of sp³-hybridized carbons (Fsp3) is 0.769. The van der Waals surface area contributed by atoms with Crippen molar-refractivity contribution >= 4 is 0 Å². The van der Waals surface area contributed by atoms with Crippen LogP contribution in [-0.4, -0.2) is 64.4 Å². The molecule has 1 aromatic carbocycles. The number of ether oxygens (including phenoxy) is 7. The molecule has 0 N–H and O–H groups in total. The van der Waals surface area contributed by atoms with Gasteiger partial charge in [0.05, 0.1) is 51.5 Å². The summed E-state index contributed by atoms with van der Waals surface area (Å²) >= 11 is 0. The van der Waals surface area contributed by atoms with Crippen molar-refractivity contribution in [2.45, 2.75) is 63.7 Å². The third-order valence-corrected chi connectivity index (χ3v) is 7.53. The van der Waals surface area contributed by atoms with E-state index < -0.39 is 48.2 Å². The Balaban J connectivity index is 1.04. The van der Waals surface area contributed by atoms with Gasteiger partial charge in [0.1, 0.15) is 6.10 Å². The summed E-state index contributed by atoms with van der Waals surface area (Å²) in [5.41, 5.74) is -0.0863. The van der Waals surface area contributed by atoms with Crippen LogP contribution in [0.3, 0.4) is 0 Å². The second-order valence-corrected chi connectivity index (χ2v) is 10.6. The Labute approximate surface area is 217 Å². The minimum Gasteiger partial charge on any atom is -0.352 e. The van der Waals surface area contributed by atoms with Gasteiger partial charge in [0.2, 0.25) is 0 Å². The van der Waals surface area contributed by atoms with Gasteiger partial charge in [0.25, 0.3) is 0 Å². The van der Waals surface area contributed by atoms with E-state index in [0.717, 1.165) is 12.1 Å². The summed E-state index contributed by atoms with van der Waals surface area (Å²) in [4.78, 5) is 0. The van der Waals surface area contributed by atoms with Crippen LogP contribution in [0.15, 0.2) is 12.1 Å². The van der Waals surface area contributed by atoms with Gasteiger partial charge in [-0.3, -0.25) is 0 Å². The summed E-state index contributed by atoms with van der Waals surface area (Å²) in [6.45, 7) is 3.66. The highest BCUT2D eigenvalue weighted by molar-refractivity contribution is 5.20. The monoisotopic (exact) mass is 552 g/mol. The van der Waals surface area contributed by atoms with Crippen LogP contribution in [0, 0.1) is 41.1 Å². The lowest BCUT2D eigenvalue weighted by atomic mass is 9.80. The molecule has 0 unspecified atom stereocenters. The van der Waals surface area contributed by atoms with Crippen LogP contribution in [0.5, 0.6) is 0 Å². The van der Waals surface area contributed by atoms with Gasteiger partial charge >= 0.3 is 6.11 Å². The standard InChI is InChI=1S/C26H33F5O7/c1-14-8-32-25(33-9-14)17-10-34-23(35-11-17)15-2-4-18(5-3-15)26(30,31)38-19-12-36-24(37-13-19)16-6-20(27)22(29)21(28)7-16/h6-7,14-15,17-19,23-25H,2-5,8-13H2,1H3. The van der Waals surface area contributed by atoms with Crippen LogP contribution in [0.4, 0.5) is 22.0 Å². The fourth-order valence-corrected chi connectivity index (χ4v) is 5.35. The topological polar surface area (TPSA) is 64.6 Å². The first kappa shape index (κ1) is 28.1. The average Bonchev–Trinajstić information content (AvgIpc) is 2.92. The highest BCUT2D eigenvalue weighted by atomic mass is 19.3. The molecule has 0 amide bonds. The van der Waals surface area contributed by atoms with E-state index >= 15 is 0 Å². The molecule has 3 aliphatic heterocycles. The second-order valence-electron chi connectivity index (χ2n) is 10.6. The lowest BCUT2D eigenvalue weighted by molar-refractivity contribution is -0.337. The molecule has 0 radical (unpaired) electrons. The molecular weight excluding hydrogens is 519 g/mol. The molecule has 12 heteroatoms. The molecule has 0 aromatic heterocycles. The van der Waals surface area contributed by atoms with Gasteiger partial charge in [0.15, 0.2) is 36.3 Å². The van der Waals surface area contributed by atoms with Crippen LogP contribution >= 0.6 is 0 Å². The Kier molecular flexibility index (Phi) is 8.88. The normalized spacial score (nSPS) is 37.2. The molecule has 4 fully saturated rings. The first-order chi connectivity index (χ1) is 18.2. The van der Waals surface area contributed by atoms with Crippen LogP contribution in [0.2, 0.25) is 0 Å². The lowest BCUT2D eigenvalue weighted by Gasteiger charge is -2.41. The molecule has 38 heavy (non-hydrogen) atoms. The smallest absolute Gasteiger partial charge is 0.352 e. The highest BCUT2D eigenvalue weighted by Crippen LogP contribution is 2.43. The largest absolute Gasteiger partial charge is 0.358 e. The van der Waals surface area contributed by atoms with E-state index in [4.69, 9.17) is 33.2 Å². The van der Waals surface area contributed by atoms with E-state index in [9.17, 15) is 22.0 Å². The molecule has 3 heterocycles. The summed E-state index contributed by atoms with van der Waals surface area (Å²) in [6, 6.07) is 1.49. The van der Waals surface area contributed by atoms with Crippen molar-refractivity contribution in [3.63, 3.8) is 0 Å². The number of hydrogen-bond acceptors (Lipinski definition) is 7. The van der Waals surface area contributed by atoms with Gasteiger partial charge in [-0.1, -0.05) is 6.92 Å². The predicted octanol–water partition coefficient (Wildman–Crippen LogP) is 4.93. The van der Waals surface area contributed by atoms with E-state index in [2.05, 4.69) is 6.92 Å². The molecule has 7 nitrogen and oxygen atoms in total. The van der Waals surface area contributed by atoms with Gasteiger partial charge < -0.3 is 33.2 Å². The number of rotatable bonds is 6. The molecular formula is C26H33F5O7. The molecule has 214 valence electrons. The first-order valence-corrected chi connectivity index (χ1v) is 13.1. The van der Waals surface area contributed by atoms with E-state index in [-0.39, 0.29) is 49.7 Å². The molecule has 1 aliphatic carbocycles. The van der Waals surface area contributed by atoms with Crippen LogP contribution in [-0.2, 0) is 33.2 Å². The van der Waals surface area contributed by atoms with Crippen molar-refractivity contribution < 1.29 is 55.1 Å². The average molecular weight is 553 g/mol. The van der Waals surface area contributed by atoms with Crippen molar-refractivity contribution in [3.8, 4) is 0 Å². The Morgan fingerprint density at radius 1 is 0.711 bits per heavy atom. The van der Waals surface area contributed by atoms with Crippen molar-refractivity contribution in [2.24, 2.45) is 23.7 Å². The Morgan fingerprint density at radius 3 is 1.82 bits per heavy atom. The quantitative estimate of drug-likeness (QED) is 0.366. The number of alkyl halides is 2. The fourth-order valence-electron chi connectivity index (χ4n) is 5.35. The number of hydrogen-bond donors (Lipinski definition) is 0. The van der Waals surface area contributed by atoms with Crippen LogP contribution in [0.25, 0.3) is 0 Å². The SMILES string of the molecule is CC1COC(C2COC(C3CCC(C(F)(F)OC4COC(c5cc(F)c(F)c(F)c5)OC4)CC3)OC2)OC1. The Morgan fingerprint density at radius 2 is 1.24 bits per heavy atom. The van der Waals surface area contributed by atoms with Crippen molar-refractivity contribution in [2.75, 3.05) is 39.6 Å². The highest BCUT2D eigenvalue weighted by Gasteiger charge is 2.47. The maximum atomic E-state index is 15.0. The minimum atomic E-state index is -3.41. The molecule has 0 spiro atoms. The van der Waals surface area contributed by atoms with E-state index in [1.54, 1.807) is 0 Å². The summed E-state index contributed by atoms with van der Waals surface area (Å²) in [5.74, 6) is -5.03. The predicted molar refractivity (Wildman–Crippen MR) is 120 cm³/mol. The third kappa shape index (κ3) is 6.48. The van der Waals surface area contributed by atoms with Crippen molar-refractivity contribution in [1.82, 2.24) is 0 Å². The maximum Gasteiger partial charge on any atom is 0.358 e. The van der Waals surface area contributed by atoms with E-state index in [1.807, 2.05) is 0 Å². The first-order valence-electron chi connectivity index (χ1n) is 13.1. The van der Waals surface area contributed by atoms with Crippen LogP contribution < -0.4 is 0 Å². The third-order valence-electron chi connectivity index (χ3n) is 7.53. The molecule has 0 atom stereocenters. The zero-order chi connectivity index (χ0) is 26.9. The van der Waals surface area contributed by atoms with Gasteiger partial charge in [-0.15, -0.1) is 0 Å². The molecule has 1 aromatic rings. The van der Waals surface area contributed by atoms with Crippen molar-refractivity contribution in [3.05, 3.63) is 35.1 Å². The summed E-state index contributed by atoms with van der Waals surface area (Å²) in [7, 11) is 0. The second kappa shape index (κ2) is 12.0. The molecule has 3 saturated heterocycles. The van der Waals surface area contributed by atoms with Gasteiger partial charge in [-0.2, -0.15) is 8.78 Å². The Hall–Kier alpha value is -1.41. The van der Waals surface area contributed by atoms with Crippen LogP contribution in [0.1, 0.15) is 44.5 Å². The number of halogens is 5. The number of benzene rings is 1. The van der Waals surface area contributed by atoms with Gasteiger partial charge in [-0.05, 0) is 37.8 Å². The zero-order valence-electron chi connectivity index (χ0n) is 21.1. The van der Waals surface area contributed by atoms with Gasteiger partial charge in [-0.25, -0.2) is 13.2 Å².